The zero-order valence-electron chi connectivity index (χ0n) is 23.4. The van der Waals surface area contributed by atoms with Gasteiger partial charge in [0.2, 0.25) is 6.79 Å². The maximum atomic E-state index is 12.4. The van der Waals surface area contributed by atoms with E-state index in [0.717, 1.165) is 26.1 Å². The fraction of sp³-hybridized carbons (Fsp3) is 0.556. The number of carbonyl (C=O) groups excluding carboxylic acids is 1. The molecule has 3 aromatic rings. The smallest absolute Gasteiger partial charge is 0.412 e. The molecule has 39 heavy (non-hydrogen) atoms. The number of nitrogens with zero attached hydrogens (tertiary/aromatic N) is 6. The van der Waals surface area contributed by atoms with Crippen LogP contribution in [0.5, 0.6) is 11.5 Å². The second-order valence-electron chi connectivity index (χ2n) is 11.3. The Hall–Kier alpha value is -3.64. The van der Waals surface area contributed by atoms with Gasteiger partial charge in [0.05, 0.1) is 11.1 Å². The molecule has 0 aliphatic carbocycles. The highest BCUT2D eigenvalue weighted by Gasteiger charge is 2.29. The molecule has 2 aliphatic heterocycles. The van der Waals surface area contributed by atoms with Gasteiger partial charge in [-0.1, -0.05) is 0 Å². The van der Waals surface area contributed by atoms with E-state index in [1.807, 2.05) is 10.7 Å². The molecule has 2 aromatic heterocycles. The van der Waals surface area contributed by atoms with Gasteiger partial charge in [0.25, 0.3) is 0 Å². The molecule has 0 atom stereocenters. The van der Waals surface area contributed by atoms with Crippen LogP contribution in [0.3, 0.4) is 0 Å². The van der Waals surface area contributed by atoms with E-state index in [0.29, 0.717) is 57.9 Å². The van der Waals surface area contributed by atoms with Crippen LogP contribution in [-0.2, 0) is 11.3 Å². The molecule has 1 saturated heterocycles. The van der Waals surface area contributed by atoms with Crippen molar-refractivity contribution in [1.29, 1.82) is 0 Å². The number of carbonyl (C=O) groups is 1. The van der Waals surface area contributed by atoms with Crippen LogP contribution >= 0.6 is 0 Å². The van der Waals surface area contributed by atoms with Crippen molar-refractivity contribution >= 4 is 28.6 Å². The van der Waals surface area contributed by atoms with Crippen LogP contribution in [0.4, 0.5) is 16.3 Å². The van der Waals surface area contributed by atoms with Gasteiger partial charge in [-0.3, -0.25) is 5.32 Å². The van der Waals surface area contributed by atoms with Crippen molar-refractivity contribution in [1.82, 2.24) is 29.5 Å². The average molecular weight is 539 g/mol. The van der Waals surface area contributed by atoms with Gasteiger partial charge in [0, 0.05) is 18.2 Å². The van der Waals surface area contributed by atoms with E-state index in [1.54, 1.807) is 26.8 Å². The Morgan fingerprint density at radius 3 is 2.62 bits per heavy atom. The number of nitrogens with one attached hydrogen (secondary N) is 1. The third-order valence-electron chi connectivity index (χ3n) is 7.10. The van der Waals surface area contributed by atoms with E-state index >= 15 is 0 Å². The molecule has 210 valence electrons. The highest BCUT2D eigenvalue weighted by Crippen LogP contribution is 2.47. The minimum atomic E-state index is -0.629. The summed E-state index contributed by atoms with van der Waals surface area (Å²) in [5.41, 5.74) is 8.12. The number of anilines is 2. The van der Waals surface area contributed by atoms with E-state index in [9.17, 15) is 4.79 Å². The average Bonchev–Trinajstić information content (AvgIpc) is 3.50. The molecular formula is C27H38N8O4. The number of hydrogen-bond acceptors (Lipinski definition) is 10. The number of benzene rings is 1. The number of ether oxygens (including phenoxy) is 3. The molecule has 0 unspecified atom stereocenters. The van der Waals surface area contributed by atoms with Crippen molar-refractivity contribution in [2.45, 2.75) is 58.2 Å². The van der Waals surface area contributed by atoms with Gasteiger partial charge in [-0.2, -0.15) is 5.10 Å². The molecule has 1 aromatic carbocycles. The predicted molar refractivity (Wildman–Crippen MR) is 149 cm³/mol. The molecule has 0 bridgehead atoms. The van der Waals surface area contributed by atoms with Gasteiger partial charge in [0.1, 0.15) is 23.4 Å². The van der Waals surface area contributed by atoms with E-state index in [1.165, 1.54) is 19.2 Å². The SMILES string of the molecule is CN(C)C1CCN(CCCn2nc(-c3ccc(NC(=O)OC(C)(C)C)c4c3OCO4)c3c(N)ncnc32)CC1. The maximum Gasteiger partial charge on any atom is 0.412 e. The third kappa shape index (κ3) is 5.86. The highest BCUT2D eigenvalue weighted by atomic mass is 16.7. The standard InChI is InChI=1S/C27H38N8O4/c1-27(2,3)39-26(36)31-19-8-7-18(22-23(19)38-16-37-22)21-20-24(28)29-15-30-25(20)35(32-21)12-6-11-34-13-9-17(10-14-34)33(4)5/h7-8,15,17H,6,9-14,16H2,1-5H3,(H,31,36)(H2,28,29,30). The van der Waals surface area contributed by atoms with Gasteiger partial charge in [-0.05, 0) is 85.9 Å². The van der Waals surface area contributed by atoms with Gasteiger partial charge in [0.15, 0.2) is 17.1 Å². The van der Waals surface area contributed by atoms with Gasteiger partial charge in [-0.15, -0.1) is 0 Å². The Morgan fingerprint density at radius 1 is 1.15 bits per heavy atom. The quantitative estimate of drug-likeness (QED) is 0.460. The van der Waals surface area contributed by atoms with Gasteiger partial charge >= 0.3 is 6.09 Å². The topological polar surface area (TPSA) is 133 Å². The Morgan fingerprint density at radius 2 is 1.90 bits per heavy atom. The summed E-state index contributed by atoms with van der Waals surface area (Å²) in [6, 6.07) is 4.24. The summed E-state index contributed by atoms with van der Waals surface area (Å²) in [7, 11) is 4.32. The number of fused-ring (bicyclic) bond motifs is 2. The molecule has 0 spiro atoms. The van der Waals surface area contributed by atoms with Crippen molar-refractivity contribution in [3.05, 3.63) is 18.5 Å². The van der Waals surface area contributed by atoms with Crippen LogP contribution in [-0.4, -0.2) is 87.8 Å². The van der Waals surface area contributed by atoms with Crippen LogP contribution in [0, 0.1) is 0 Å². The fourth-order valence-corrected chi connectivity index (χ4v) is 5.17. The second kappa shape index (κ2) is 10.9. The largest absolute Gasteiger partial charge is 0.453 e. The first-order valence-corrected chi connectivity index (χ1v) is 13.4. The van der Waals surface area contributed by atoms with E-state index in [4.69, 9.17) is 25.0 Å². The van der Waals surface area contributed by atoms with Crippen LogP contribution in [0.25, 0.3) is 22.3 Å². The molecule has 12 heteroatoms. The molecule has 12 nitrogen and oxygen atoms in total. The number of likely N-dealkylation sites (tertiary alicyclic amines) is 1. The first-order chi connectivity index (χ1) is 18.6. The summed E-state index contributed by atoms with van der Waals surface area (Å²) in [5, 5.41) is 8.33. The first kappa shape index (κ1) is 26.9. The summed E-state index contributed by atoms with van der Waals surface area (Å²) in [4.78, 5) is 26.0. The fourth-order valence-electron chi connectivity index (χ4n) is 5.17. The molecule has 4 heterocycles. The summed E-state index contributed by atoms with van der Waals surface area (Å²) in [5.74, 6) is 1.23. The Labute approximate surface area is 228 Å². The molecular weight excluding hydrogens is 500 g/mol. The number of piperidine rings is 1. The lowest BCUT2D eigenvalue weighted by molar-refractivity contribution is 0.0635. The van der Waals surface area contributed by atoms with E-state index in [2.05, 4.69) is 39.2 Å². The van der Waals surface area contributed by atoms with E-state index in [-0.39, 0.29) is 6.79 Å². The van der Waals surface area contributed by atoms with Gasteiger partial charge in [-0.25, -0.2) is 19.4 Å². The Kier molecular flexibility index (Phi) is 7.50. The normalized spacial score (nSPS) is 16.3. The highest BCUT2D eigenvalue weighted by molar-refractivity contribution is 6.01. The summed E-state index contributed by atoms with van der Waals surface area (Å²) < 4.78 is 18.8. The number of aromatic nitrogens is 4. The second-order valence-corrected chi connectivity index (χ2v) is 11.3. The zero-order chi connectivity index (χ0) is 27.7. The number of amides is 1. The van der Waals surface area contributed by atoms with Crippen molar-refractivity contribution in [2.24, 2.45) is 0 Å². The lowest BCUT2D eigenvalue weighted by atomic mass is 10.0. The van der Waals surface area contributed by atoms with Crippen LogP contribution in [0.15, 0.2) is 18.5 Å². The molecule has 1 amide bonds. The van der Waals surface area contributed by atoms with Crippen molar-refractivity contribution in [3.63, 3.8) is 0 Å². The molecule has 5 rings (SSSR count). The number of hydrogen-bond donors (Lipinski definition) is 2. The van der Waals surface area contributed by atoms with E-state index < -0.39 is 11.7 Å². The van der Waals surface area contributed by atoms with Gasteiger partial charge < -0.3 is 29.7 Å². The van der Waals surface area contributed by atoms with Crippen LogP contribution < -0.4 is 20.5 Å². The summed E-state index contributed by atoms with van der Waals surface area (Å²) >= 11 is 0. The minimum Gasteiger partial charge on any atom is -0.453 e. The van der Waals surface area contributed by atoms with Crippen molar-refractivity contribution in [3.8, 4) is 22.8 Å². The molecule has 0 radical (unpaired) electrons. The Balaban J connectivity index is 1.38. The Bertz CT molecular complexity index is 1340. The summed E-state index contributed by atoms with van der Waals surface area (Å²) in [6.07, 6.45) is 4.20. The number of aryl methyl sites for hydroxylation is 1. The van der Waals surface area contributed by atoms with Crippen molar-refractivity contribution < 1.29 is 19.0 Å². The molecule has 1 fully saturated rings. The molecule has 0 saturated carbocycles. The zero-order valence-corrected chi connectivity index (χ0v) is 23.4. The van der Waals surface area contributed by atoms with Crippen LogP contribution in [0.1, 0.15) is 40.0 Å². The first-order valence-electron chi connectivity index (χ1n) is 13.4. The van der Waals surface area contributed by atoms with Crippen LogP contribution in [0.2, 0.25) is 0 Å². The number of nitrogen functional groups attached to an aromatic ring is 1. The monoisotopic (exact) mass is 538 g/mol. The maximum absolute atomic E-state index is 12.4. The number of rotatable bonds is 7. The molecule has 3 N–H and O–H groups in total. The summed E-state index contributed by atoms with van der Waals surface area (Å²) in [6.45, 7) is 9.34. The van der Waals surface area contributed by atoms with Crippen molar-refractivity contribution in [2.75, 3.05) is 51.6 Å². The lowest BCUT2D eigenvalue weighted by Gasteiger charge is -2.35. The molecule has 2 aliphatic rings. The number of nitrogens with two attached hydrogens (primary N) is 1. The lowest BCUT2D eigenvalue weighted by Crippen LogP contribution is -2.42. The predicted octanol–water partition coefficient (Wildman–Crippen LogP) is 3.57. The third-order valence-corrected chi connectivity index (χ3v) is 7.10. The minimum absolute atomic E-state index is 0.0183.